The number of esters is 2. The smallest absolute Gasteiger partial charge is 0.341 e. The zero-order chi connectivity index (χ0) is 28.6. The minimum absolute atomic E-state index is 0.0311. The number of hydrogen-bond acceptors (Lipinski definition) is 9. The largest absolute Gasteiger partial charge is 0.486 e. The Kier molecular flexibility index (Phi) is 8.60. The molecule has 4 rings (SSSR count). The van der Waals surface area contributed by atoms with E-state index in [1.54, 1.807) is 42.5 Å². The maximum atomic E-state index is 12.6. The molecule has 0 amide bonds. The topological polar surface area (TPSA) is 140 Å². The van der Waals surface area contributed by atoms with Crippen molar-refractivity contribution in [1.29, 1.82) is 0 Å². The average molecular weight is 543 g/mol. The van der Waals surface area contributed by atoms with Crippen LogP contribution in [0.25, 0.3) is 11.1 Å². The van der Waals surface area contributed by atoms with Crippen LogP contribution >= 0.6 is 0 Å². The molecule has 0 heterocycles. The van der Waals surface area contributed by atoms with E-state index >= 15 is 0 Å². The number of hydrogen-bond donors (Lipinski definition) is 1. The third-order valence-electron chi connectivity index (χ3n) is 6.02. The van der Waals surface area contributed by atoms with Gasteiger partial charge >= 0.3 is 17.6 Å². The second-order valence-electron chi connectivity index (χ2n) is 8.60. The van der Waals surface area contributed by atoms with Gasteiger partial charge in [-0.2, -0.15) is 0 Å². The standard InChI is InChI=1S/C30H26N2O8/c1-37-29(33)23-9-6-10-25(31)27(23)39-18-20-11-13-21(14-12-20)22-15-24(30(34)38-2)28(26(16-22)32(35)36)40-17-19-7-4-3-5-8-19/h3-16H,17-18,31H2,1-2H3. The predicted octanol–water partition coefficient (Wildman–Crippen LogP) is 5.58. The van der Waals surface area contributed by atoms with E-state index in [0.29, 0.717) is 11.1 Å². The van der Waals surface area contributed by atoms with Crippen LogP contribution in [0.1, 0.15) is 31.8 Å². The molecule has 10 nitrogen and oxygen atoms in total. The zero-order valence-corrected chi connectivity index (χ0v) is 21.8. The Labute approximate surface area is 230 Å². The van der Waals surface area contributed by atoms with Gasteiger partial charge in [-0.05, 0) is 40.5 Å². The van der Waals surface area contributed by atoms with E-state index in [0.717, 1.165) is 11.1 Å². The van der Waals surface area contributed by atoms with Crippen LogP contribution in [0.5, 0.6) is 11.5 Å². The first-order valence-corrected chi connectivity index (χ1v) is 12.1. The Morgan fingerprint density at radius 3 is 1.95 bits per heavy atom. The van der Waals surface area contributed by atoms with Gasteiger partial charge in [-0.1, -0.05) is 60.7 Å². The van der Waals surface area contributed by atoms with Gasteiger partial charge in [0.2, 0.25) is 5.75 Å². The fourth-order valence-corrected chi connectivity index (χ4v) is 3.99. The number of nitro groups is 1. The molecule has 0 aliphatic carbocycles. The number of carbonyl (C=O) groups is 2. The molecule has 0 saturated heterocycles. The molecular weight excluding hydrogens is 516 g/mol. The average Bonchev–Trinajstić information content (AvgIpc) is 2.98. The molecule has 0 atom stereocenters. The van der Waals surface area contributed by atoms with Crippen molar-refractivity contribution < 1.29 is 33.5 Å². The highest BCUT2D eigenvalue weighted by Gasteiger charge is 2.26. The van der Waals surface area contributed by atoms with Crippen molar-refractivity contribution in [2.24, 2.45) is 0 Å². The number of anilines is 1. The van der Waals surface area contributed by atoms with Gasteiger partial charge in [-0.3, -0.25) is 10.1 Å². The molecular formula is C30H26N2O8. The van der Waals surface area contributed by atoms with Crippen LogP contribution in [0.15, 0.2) is 84.9 Å². The Hall–Kier alpha value is -5.38. The lowest BCUT2D eigenvalue weighted by molar-refractivity contribution is -0.385. The van der Waals surface area contributed by atoms with Crippen LogP contribution in [-0.2, 0) is 22.7 Å². The number of ether oxygens (including phenoxy) is 4. The summed E-state index contributed by atoms with van der Waals surface area (Å²) < 4.78 is 21.3. The van der Waals surface area contributed by atoms with Gasteiger partial charge in [-0.15, -0.1) is 0 Å². The van der Waals surface area contributed by atoms with Crippen LogP contribution in [0.4, 0.5) is 11.4 Å². The van der Waals surface area contributed by atoms with Crippen LogP contribution in [0.2, 0.25) is 0 Å². The first-order valence-electron chi connectivity index (χ1n) is 12.1. The monoisotopic (exact) mass is 542 g/mol. The van der Waals surface area contributed by atoms with E-state index < -0.39 is 16.9 Å². The van der Waals surface area contributed by atoms with Crippen LogP contribution in [0.3, 0.4) is 0 Å². The van der Waals surface area contributed by atoms with Gasteiger partial charge in [0, 0.05) is 6.07 Å². The minimum Gasteiger partial charge on any atom is -0.486 e. The molecule has 0 spiro atoms. The number of nitrogen functional groups attached to an aromatic ring is 1. The normalized spacial score (nSPS) is 10.4. The molecule has 0 radical (unpaired) electrons. The lowest BCUT2D eigenvalue weighted by Gasteiger charge is -2.14. The fourth-order valence-electron chi connectivity index (χ4n) is 3.99. The molecule has 40 heavy (non-hydrogen) atoms. The summed E-state index contributed by atoms with van der Waals surface area (Å²) in [5.41, 5.74) is 8.62. The summed E-state index contributed by atoms with van der Waals surface area (Å²) in [6, 6.07) is 23.7. The molecule has 204 valence electrons. The molecule has 10 heteroatoms. The molecule has 2 N–H and O–H groups in total. The van der Waals surface area contributed by atoms with Gasteiger partial charge in [0.15, 0.2) is 5.75 Å². The van der Waals surface area contributed by atoms with Gasteiger partial charge in [0.1, 0.15) is 24.3 Å². The van der Waals surface area contributed by atoms with E-state index in [2.05, 4.69) is 0 Å². The van der Waals surface area contributed by atoms with E-state index in [1.807, 2.05) is 30.3 Å². The van der Waals surface area contributed by atoms with Gasteiger partial charge in [-0.25, -0.2) is 9.59 Å². The number of benzene rings is 4. The number of nitrogens with zero attached hydrogens (tertiary/aromatic N) is 1. The number of methoxy groups -OCH3 is 2. The fraction of sp³-hybridized carbons (Fsp3) is 0.133. The van der Waals surface area contributed by atoms with Gasteiger partial charge in [0.25, 0.3) is 0 Å². The maximum Gasteiger partial charge on any atom is 0.341 e. The van der Waals surface area contributed by atoms with Gasteiger partial charge < -0.3 is 24.7 Å². The number of carbonyl (C=O) groups excluding carboxylic acids is 2. The van der Waals surface area contributed by atoms with Crippen LogP contribution < -0.4 is 15.2 Å². The quantitative estimate of drug-likeness (QED) is 0.118. The van der Waals surface area contributed by atoms with E-state index in [-0.39, 0.29) is 47.2 Å². The molecule has 0 aliphatic rings. The Balaban J connectivity index is 1.61. The first kappa shape index (κ1) is 27.6. The molecule has 4 aromatic carbocycles. The highest BCUT2D eigenvalue weighted by Crippen LogP contribution is 2.37. The second kappa shape index (κ2) is 12.4. The predicted molar refractivity (Wildman–Crippen MR) is 147 cm³/mol. The van der Waals surface area contributed by atoms with Crippen molar-refractivity contribution in [1.82, 2.24) is 0 Å². The highest BCUT2D eigenvalue weighted by atomic mass is 16.6. The van der Waals surface area contributed by atoms with Crippen molar-refractivity contribution in [3.8, 4) is 22.6 Å². The van der Waals surface area contributed by atoms with Crippen LogP contribution in [0, 0.1) is 10.1 Å². The minimum atomic E-state index is -0.764. The summed E-state index contributed by atoms with van der Waals surface area (Å²) in [5.74, 6) is -1.30. The van der Waals surface area contributed by atoms with E-state index in [1.165, 1.54) is 26.4 Å². The molecule has 0 bridgehead atoms. The highest BCUT2D eigenvalue weighted by molar-refractivity contribution is 5.96. The van der Waals surface area contributed by atoms with Gasteiger partial charge in [0.05, 0.1) is 24.8 Å². The molecule has 0 aromatic heterocycles. The molecule has 0 fully saturated rings. The summed E-state index contributed by atoms with van der Waals surface area (Å²) in [5, 5.41) is 12.0. The SMILES string of the molecule is COC(=O)c1cccc(N)c1OCc1ccc(-c2cc(C(=O)OC)c(OCc3ccccc3)c([N+](=O)[O-])c2)cc1. The Morgan fingerprint density at radius 1 is 0.725 bits per heavy atom. The van der Waals surface area contributed by atoms with E-state index in [4.69, 9.17) is 24.7 Å². The summed E-state index contributed by atoms with van der Waals surface area (Å²) in [6.07, 6.45) is 0. The number of para-hydroxylation sites is 1. The number of nitro benzene ring substituents is 1. The Bertz CT molecular complexity index is 1540. The molecule has 0 unspecified atom stereocenters. The second-order valence-corrected chi connectivity index (χ2v) is 8.60. The Morgan fingerprint density at radius 2 is 1.32 bits per heavy atom. The lowest BCUT2D eigenvalue weighted by atomic mass is 10.00. The summed E-state index contributed by atoms with van der Waals surface area (Å²) in [6.45, 7) is 0.127. The molecule has 0 saturated carbocycles. The first-order chi connectivity index (χ1) is 19.3. The number of nitrogens with two attached hydrogens (primary N) is 1. The van der Waals surface area contributed by atoms with Crippen molar-refractivity contribution in [2.45, 2.75) is 13.2 Å². The number of rotatable bonds is 10. The van der Waals surface area contributed by atoms with Crippen molar-refractivity contribution in [2.75, 3.05) is 20.0 Å². The summed E-state index contributed by atoms with van der Waals surface area (Å²) in [4.78, 5) is 36.1. The third-order valence-corrected chi connectivity index (χ3v) is 6.02. The van der Waals surface area contributed by atoms with Crippen molar-refractivity contribution in [3.05, 3.63) is 117 Å². The lowest BCUT2D eigenvalue weighted by Crippen LogP contribution is -2.09. The zero-order valence-electron chi connectivity index (χ0n) is 21.8. The maximum absolute atomic E-state index is 12.6. The summed E-state index contributed by atoms with van der Waals surface area (Å²) in [7, 11) is 2.47. The van der Waals surface area contributed by atoms with Crippen LogP contribution in [-0.4, -0.2) is 31.1 Å². The summed E-state index contributed by atoms with van der Waals surface area (Å²) >= 11 is 0. The van der Waals surface area contributed by atoms with Crippen molar-refractivity contribution >= 4 is 23.3 Å². The third kappa shape index (κ3) is 6.18. The van der Waals surface area contributed by atoms with Crippen molar-refractivity contribution in [3.63, 3.8) is 0 Å². The molecule has 0 aliphatic heterocycles. The van der Waals surface area contributed by atoms with E-state index in [9.17, 15) is 19.7 Å². The molecule has 4 aromatic rings.